The Labute approximate surface area is 185 Å². The molecule has 4 rings (SSSR count). The second-order valence-electron chi connectivity index (χ2n) is 7.36. The van der Waals surface area contributed by atoms with E-state index in [9.17, 15) is 4.79 Å². The minimum atomic E-state index is -0.518. The van der Waals surface area contributed by atoms with Gasteiger partial charge in [0, 0.05) is 29.6 Å². The number of anilines is 1. The fourth-order valence-corrected chi connectivity index (χ4v) is 4.14. The molecule has 0 spiro atoms. The van der Waals surface area contributed by atoms with E-state index in [-0.39, 0.29) is 0 Å². The molecule has 0 bridgehead atoms. The Morgan fingerprint density at radius 1 is 0.935 bits per heavy atom. The van der Waals surface area contributed by atoms with Gasteiger partial charge in [-0.1, -0.05) is 72.3 Å². The molecular weight excluding hydrogens is 406 g/mol. The summed E-state index contributed by atoms with van der Waals surface area (Å²) in [6.07, 6.45) is 0. The van der Waals surface area contributed by atoms with Crippen LogP contribution in [-0.2, 0) is 13.1 Å². The molecule has 0 fully saturated rings. The maximum absolute atomic E-state index is 11.6. The van der Waals surface area contributed by atoms with E-state index in [1.807, 2.05) is 30.3 Å². The van der Waals surface area contributed by atoms with Crippen LogP contribution in [-0.4, -0.2) is 16.1 Å². The molecule has 0 atom stereocenters. The fourth-order valence-electron chi connectivity index (χ4n) is 3.31. The number of carbonyl (C=O) groups excluding carboxylic acids is 1. The molecule has 156 valence electrons. The number of aryl methyl sites for hydroxylation is 1. The van der Waals surface area contributed by atoms with Crippen molar-refractivity contribution in [3.8, 4) is 11.3 Å². The van der Waals surface area contributed by atoms with Crippen LogP contribution in [0.4, 0.5) is 5.13 Å². The number of carbonyl (C=O) groups is 1. The minimum Gasteiger partial charge on any atom is -0.339 e. The minimum absolute atomic E-state index is 0.414. The highest BCUT2D eigenvalue weighted by atomic mass is 32.1. The molecule has 0 saturated carbocycles. The Hall–Kier alpha value is -3.48. The van der Waals surface area contributed by atoms with Crippen molar-refractivity contribution in [2.75, 3.05) is 4.90 Å². The molecular formula is C25H23N3O2S. The van der Waals surface area contributed by atoms with Gasteiger partial charge in [-0.3, -0.25) is 10.0 Å². The molecule has 5 nitrogen and oxygen atoms in total. The monoisotopic (exact) mass is 429 g/mol. The van der Waals surface area contributed by atoms with Crippen LogP contribution < -0.4 is 10.4 Å². The molecule has 0 radical (unpaired) electrons. The van der Waals surface area contributed by atoms with Gasteiger partial charge < -0.3 is 4.90 Å². The molecule has 6 heteroatoms. The quantitative estimate of drug-likeness (QED) is 0.303. The van der Waals surface area contributed by atoms with E-state index >= 15 is 0 Å². The summed E-state index contributed by atoms with van der Waals surface area (Å²) in [4.78, 5) is 18.7. The van der Waals surface area contributed by atoms with Crippen molar-refractivity contribution in [3.63, 3.8) is 0 Å². The van der Waals surface area contributed by atoms with Crippen LogP contribution in [0.15, 0.2) is 84.2 Å². The Bertz CT molecular complexity index is 1140. The third kappa shape index (κ3) is 5.17. The zero-order valence-corrected chi connectivity index (χ0v) is 18.0. The van der Waals surface area contributed by atoms with Crippen LogP contribution in [0.1, 0.15) is 27.0 Å². The van der Waals surface area contributed by atoms with Gasteiger partial charge in [0.1, 0.15) is 0 Å². The number of nitrogens with zero attached hydrogens (tertiary/aromatic N) is 2. The largest absolute Gasteiger partial charge is 0.339 e. The molecule has 0 aliphatic heterocycles. The number of hydrogen-bond acceptors (Lipinski definition) is 5. The normalized spacial score (nSPS) is 10.6. The van der Waals surface area contributed by atoms with Gasteiger partial charge >= 0.3 is 0 Å². The van der Waals surface area contributed by atoms with Crippen LogP contribution in [0.2, 0.25) is 0 Å². The highest BCUT2D eigenvalue weighted by Gasteiger charge is 2.14. The van der Waals surface area contributed by atoms with Gasteiger partial charge in [-0.2, -0.15) is 0 Å². The molecule has 4 aromatic rings. The van der Waals surface area contributed by atoms with Crippen molar-refractivity contribution < 1.29 is 10.0 Å². The van der Waals surface area contributed by atoms with E-state index in [1.54, 1.807) is 28.9 Å². The third-order valence-electron chi connectivity index (χ3n) is 5.02. The summed E-state index contributed by atoms with van der Waals surface area (Å²) < 4.78 is 0. The average molecular weight is 430 g/mol. The van der Waals surface area contributed by atoms with Crippen molar-refractivity contribution >= 4 is 22.4 Å². The second kappa shape index (κ2) is 9.55. The summed E-state index contributed by atoms with van der Waals surface area (Å²) in [5.41, 5.74) is 7.63. The van der Waals surface area contributed by atoms with E-state index in [4.69, 9.17) is 10.2 Å². The predicted molar refractivity (Wildman–Crippen MR) is 124 cm³/mol. The molecule has 0 aliphatic rings. The summed E-state index contributed by atoms with van der Waals surface area (Å²) in [7, 11) is 0. The van der Waals surface area contributed by atoms with Gasteiger partial charge in [0.2, 0.25) is 0 Å². The lowest BCUT2D eigenvalue weighted by Gasteiger charge is -2.22. The Morgan fingerprint density at radius 2 is 1.58 bits per heavy atom. The Balaban J connectivity index is 1.60. The van der Waals surface area contributed by atoms with Crippen molar-refractivity contribution in [3.05, 3.63) is 106 Å². The first-order valence-electron chi connectivity index (χ1n) is 9.97. The van der Waals surface area contributed by atoms with Crippen LogP contribution in [0.25, 0.3) is 11.3 Å². The van der Waals surface area contributed by atoms with E-state index in [1.165, 1.54) is 11.1 Å². The molecule has 1 heterocycles. The molecule has 0 unspecified atom stereocenters. The first-order chi connectivity index (χ1) is 15.1. The molecule has 0 saturated heterocycles. The number of hydroxylamine groups is 1. The number of thiazole rings is 1. The lowest BCUT2D eigenvalue weighted by molar-refractivity contribution is 0.0706. The van der Waals surface area contributed by atoms with Crippen molar-refractivity contribution in [1.82, 2.24) is 10.5 Å². The lowest BCUT2D eigenvalue weighted by Crippen LogP contribution is -2.22. The Morgan fingerprint density at radius 3 is 2.23 bits per heavy atom. The van der Waals surface area contributed by atoms with Crippen molar-refractivity contribution in [2.45, 2.75) is 20.0 Å². The summed E-state index contributed by atoms with van der Waals surface area (Å²) in [5, 5.41) is 11.8. The highest BCUT2D eigenvalue weighted by molar-refractivity contribution is 7.14. The molecule has 31 heavy (non-hydrogen) atoms. The number of hydrogen-bond donors (Lipinski definition) is 2. The van der Waals surface area contributed by atoms with Crippen LogP contribution in [0.5, 0.6) is 0 Å². The van der Waals surface area contributed by atoms with Gasteiger partial charge in [0.25, 0.3) is 5.91 Å². The molecule has 2 N–H and O–H groups in total. The van der Waals surface area contributed by atoms with Crippen LogP contribution >= 0.6 is 11.3 Å². The maximum Gasteiger partial charge on any atom is 0.274 e. The molecule has 3 aromatic carbocycles. The van der Waals surface area contributed by atoms with E-state index in [0.717, 1.165) is 28.5 Å². The molecule has 1 aromatic heterocycles. The van der Waals surface area contributed by atoms with Gasteiger partial charge in [-0.05, 0) is 30.2 Å². The maximum atomic E-state index is 11.6. The Kier molecular flexibility index (Phi) is 6.40. The highest BCUT2D eigenvalue weighted by Crippen LogP contribution is 2.30. The fraction of sp³-hybridized carbons (Fsp3) is 0.120. The number of benzene rings is 3. The smallest absolute Gasteiger partial charge is 0.274 e. The van der Waals surface area contributed by atoms with Crippen LogP contribution in [0, 0.1) is 6.92 Å². The summed E-state index contributed by atoms with van der Waals surface area (Å²) in [6, 6.07) is 25.9. The van der Waals surface area contributed by atoms with Gasteiger partial charge in [-0.15, -0.1) is 11.3 Å². The summed E-state index contributed by atoms with van der Waals surface area (Å²) in [6.45, 7) is 3.45. The van der Waals surface area contributed by atoms with E-state index < -0.39 is 5.91 Å². The van der Waals surface area contributed by atoms with Crippen LogP contribution in [0.3, 0.4) is 0 Å². The number of nitrogens with one attached hydrogen (secondary N) is 1. The number of rotatable bonds is 7. The van der Waals surface area contributed by atoms with Gasteiger partial charge in [-0.25, -0.2) is 10.5 Å². The number of aromatic nitrogens is 1. The lowest BCUT2D eigenvalue weighted by atomic mass is 10.1. The zero-order valence-electron chi connectivity index (χ0n) is 17.2. The molecule has 0 aliphatic carbocycles. The summed E-state index contributed by atoms with van der Waals surface area (Å²) >= 11 is 1.62. The van der Waals surface area contributed by atoms with Gasteiger partial charge in [0.05, 0.1) is 5.69 Å². The second-order valence-corrected chi connectivity index (χ2v) is 8.20. The topological polar surface area (TPSA) is 65.5 Å². The van der Waals surface area contributed by atoms with Crippen molar-refractivity contribution in [2.24, 2.45) is 0 Å². The third-order valence-corrected chi connectivity index (χ3v) is 5.92. The average Bonchev–Trinajstić information content (AvgIpc) is 3.30. The SMILES string of the molecule is Cc1ccc(-c2csc(N(Cc3ccccc3)Cc3ccc(C(=O)NO)cc3)n2)cc1. The number of amides is 1. The van der Waals surface area contributed by atoms with Gasteiger partial charge in [0.15, 0.2) is 5.13 Å². The predicted octanol–water partition coefficient (Wildman–Crippen LogP) is 5.44. The first-order valence-corrected chi connectivity index (χ1v) is 10.8. The summed E-state index contributed by atoms with van der Waals surface area (Å²) in [5.74, 6) is -0.518. The van der Waals surface area contributed by atoms with Crippen molar-refractivity contribution in [1.29, 1.82) is 0 Å². The standard InChI is InChI=1S/C25H23N3O2S/c1-18-7-11-21(12-8-18)23-17-31-25(26-23)28(15-19-5-3-2-4-6-19)16-20-9-13-22(14-10-20)24(29)27-30/h2-14,17,30H,15-16H2,1H3,(H,27,29). The first kappa shape index (κ1) is 20.8. The van der Waals surface area contributed by atoms with E-state index in [0.29, 0.717) is 12.1 Å². The zero-order chi connectivity index (χ0) is 21.6. The molecule has 1 amide bonds. The van der Waals surface area contributed by atoms with E-state index in [2.05, 4.69) is 53.6 Å².